The van der Waals surface area contributed by atoms with Crippen LogP contribution < -0.4 is 0 Å². The molecule has 1 fully saturated rings. The predicted molar refractivity (Wildman–Crippen MR) is 82.0 cm³/mol. The van der Waals surface area contributed by atoms with E-state index in [0.717, 1.165) is 19.3 Å². The second kappa shape index (κ2) is 5.88. The number of carbonyl (C=O) groups excluding carboxylic acids is 3. The molecule has 1 aromatic rings. The van der Waals surface area contributed by atoms with Gasteiger partial charge in [0.2, 0.25) is 0 Å². The molecule has 2 amide bonds. The summed E-state index contributed by atoms with van der Waals surface area (Å²) in [6, 6.07) is 6.41. The maximum atomic E-state index is 12.6. The van der Waals surface area contributed by atoms with Crippen molar-refractivity contribution >= 4 is 17.8 Å². The number of benzene rings is 1. The molecule has 0 N–H and O–H groups in total. The average molecular weight is 311 g/mol. The molecule has 1 aromatic carbocycles. The van der Waals surface area contributed by atoms with E-state index in [1.165, 1.54) is 0 Å². The molecule has 1 saturated carbocycles. The fourth-order valence-corrected chi connectivity index (χ4v) is 3.31. The molecular weight excluding hydrogens is 294 g/mol. The highest BCUT2D eigenvalue weighted by atomic mass is 16.7. The van der Waals surface area contributed by atoms with Gasteiger partial charge in [0, 0.05) is 6.42 Å². The number of hydrogen-bond acceptors (Lipinski definition) is 4. The zero-order valence-corrected chi connectivity index (χ0v) is 12.7. The van der Waals surface area contributed by atoms with E-state index in [9.17, 15) is 14.4 Å². The van der Waals surface area contributed by atoms with Crippen LogP contribution in [0.1, 0.15) is 59.2 Å². The van der Waals surface area contributed by atoms with Crippen LogP contribution in [0.2, 0.25) is 0 Å². The van der Waals surface area contributed by atoms with Gasteiger partial charge in [0.05, 0.1) is 16.5 Å². The Morgan fingerprint density at radius 3 is 2.22 bits per heavy atom. The SMILES string of the molecule is C#CCC1(C(=O)ON2C(=O)c3ccccc3C2=O)CCCCC1. The van der Waals surface area contributed by atoms with Crippen molar-refractivity contribution in [3.8, 4) is 12.3 Å². The van der Waals surface area contributed by atoms with Crippen LogP contribution in [-0.2, 0) is 9.63 Å². The van der Waals surface area contributed by atoms with Crippen molar-refractivity contribution in [3.63, 3.8) is 0 Å². The summed E-state index contributed by atoms with van der Waals surface area (Å²) in [4.78, 5) is 42.4. The molecular formula is C18H17NO4. The summed E-state index contributed by atoms with van der Waals surface area (Å²) in [7, 11) is 0. The lowest BCUT2D eigenvalue weighted by Gasteiger charge is -2.33. The van der Waals surface area contributed by atoms with Crippen molar-refractivity contribution < 1.29 is 19.2 Å². The molecule has 0 saturated heterocycles. The van der Waals surface area contributed by atoms with Crippen molar-refractivity contribution in [2.75, 3.05) is 0 Å². The summed E-state index contributed by atoms with van der Waals surface area (Å²) in [6.45, 7) is 0. The van der Waals surface area contributed by atoms with Gasteiger partial charge in [-0.05, 0) is 25.0 Å². The molecule has 0 unspecified atom stereocenters. The van der Waals surface area contributed by atoms with Crippen LogP contribution in [0.15, 0.2) is 24.3 Å². The molecule has 3 rings (SSSR count). The quantitative estimate of drug-likeness (QED) is 0.636. The van der Waals surface area contributed by atoms with E-state index in [4.69, 9.17) is 11.3 Å². The second-order valence-electron chi connectivity index (χ2n) is 6.05. The summed E-state index contributed by atoms with van der Waals surface area (Å²) >= 11 is 0. The largest absolute Gasteiger partial charge is 0.340 e. The van der Waals surface area contributed by atoms with Gasteiger partial charge in [0.25, 0.3) is 11.8 Å². The van der Waals surface area contributed by atoms with Gasteiger partial charge in [-0.25, -0.2) is 4.79 Å². The predicted octanol–water partition coefficient (Wildman–Crippen LogP) is 2.71. The normalized spacial score (nSPS) is 19.2. The molecule has 1 heterocycles. The van der Waals surface area contributed by atoms with Gasteiger partial charge in [-0.3, -0.25) is 9.59 Å². The summed E-state index contributed by atoms with van der Waals surface area (Å²) in [5.74, 6) is 0.744. The molecule has 2 aliphatic rings. The van der Waals surface area contributed by atoms with Gasteiger partial charge in [0.15, 0.2) is 0 Å². The van der Waals surface area contributed by atoms with E-state index in [2.05, 4.69) is 5.92 Å². The van der Waals surface area contributed by atoms with Gasteiger partial charge >= 0.3 is 5.97 Å². The standard InChI is InChI=1S/C18H17NO4/c1-2-10-18(11-6-3-7-12-18)17(22)23-19-15(20)13-8-4-5-9-14(13)16(19)21/h1,4-5,8-9H,3,6-7,10-12H2. The number of hydrogen-bond donors (Lipinski definition) is 0. The number of hydroxylamine groups is 2. The number of amides is 2. The van der Waals surface area contributed by atoms with E-state index in [-0.39, 0.29) is 17.5 Å². The maximum absolute atomic E-state index is 12.6. The summed E-state index contributed by atoms with van der Waals surface area (Å²) in [5, 5.41) is 0.569. The number of rotatable bonds is 3. The number of carbonyl (C=O) groups is 3. The Kier molecular flexibility index (Phi) is 3.91. The van der Waals surface area contributed by atoms with Gasteiger partial charge in [0.1, 0.15) is 0 Å². The smallest absolute Gasteiger partial charge is 0.329 e. The lowest BCUT2D eigenvalue weighted by atomic mass is 9.72. The van der Waals surface area contributed by atoms with Crippen molar-refractivity contribution in [2.24, 2.45) is 5.41 Å². The second-order valence-corrected chi connectivity index (χ2v) is 6.05. The van der Waals surface area contributed by atoms with Gasteiger partial charge in [-0.15, -0.1) is 12.3 Å². The van der Waals surface area contributed by atoms with E-state index < -0.39 is 23.2 Å². The van der Waals surface area contributed by atoms with Crippen molar-refractivity contribution in [2.45, 2.75) is 38.5 Å². The van der Waals surface area contributed by atoms with Crippen molar-refractivity contribution in [1.29, 1.82) is 0 Å². The Morgan fingerprint density at radius 2 is 1.70 bits per heavy atom. The van der Waals surface area contributed by atoms with Crippen LogP contribution in [0.4, 0.5) is 0 Å². The Labute approximate surface area is 134 Å². The molecule has 0 bridgehead atoms. The van der Waals surface area contributed by atoms with Crippen LogP contribution >= 0.6 is 0 Å². The third-order valence-electron chi connectivity index (χ3n) is 4.62. The number of imide groups is 1. The Morgan fingerprint density at radius 1 is 1.13 bits per heavy atom. The summed E-state index contributed by atoms with van der Waals surface area (Å²) in [6.07, 6.45) is 9.74. The molecule has 1 aliphatic carbocycles. The van der Waals surface area contributed by atoms with Crippen LogP contribution in [-0.4, -0.2) is 22.8 Å². The lowest BCUT2D eigenvalue weighted by Crippen LogP contribution is -2.41. The number of terminal acetylenes is 1. The number of fused-ring (bicyclic) bond motifs is 1. The lowest BCUT2D eigenvalue weighted by molar-refractivity contribution is -0.183. The molecule has 0 atom stereocenters. The Balaban J connectivity index is 1.82. The molecule has 1 aliphatic heterocycles. The maximum Gasteiger partial charge on any atom is 0.340 e. The van der Waals surface area contributed by atoms with Crippen molar-refractivity contribution in [1.82, 2.24) is 5.06 Å². The first-order chi connectivity index (χ1) is 11.1. The third kappa shape index (κ3) is 2.50. The van der Waals surface area contributed by atoms with Gasteiger partial charge < -0.3 is 4.84 Å². The monoisotopic (exact) mass is 311 g/mol. The minimum atomic E-state index is -0.789. The first kappa shape index (κ1) is 15.3. The third-order valence-corrected chi connectivity index (χ3v) is 4.62. The topological polar surface area (TPSA) is 63.7 Å². The van der Waals surface area contributed by atoms with Crippen LogP contribution in [0, 0.1) is 17.8 Å². The van der Waals surface area contributed by atoms with Crippen LogP contribution in [0.3, 0.4) is 0 Å². The van der Waals surface area contributed by atoms with E-state index in [0.29, 0.717) is 17.9 Å². The Bertz CT molecular complexity index is 675. The van der Waals surface area contributed by atoms with Gasteiger partial charge in [-0.1, -0.05) is 36.5 Å². The number of nitrogens with zero attached hydrogens (tertiary/aromatic N) is 1. The molecule has 23 heavy (non-hydrogen) atoms. The highest BCUT2D eigenvalue weighted by molar-refractivity contribution is 6.20. The average Bonchev–Trinajstić information content (AvgIpc) is 2.81. The highest BCUT2D eigenvalue weighted by Crippen LogP contribution is 2.41. The summed E-state index contributed by atoms with van der Waals surface area (Å²) in [5.41, 5.74) is -0.289. The van der Waals surface area contributed by atoms with Crippen LogP contribution in [0.25, 0.3) is 0 Å². The first-order valence-corrected chi connectivity index (χ1v) is 7.73. The zero-order chi connectivity index (χ0) is 16.4. The van der Waals surface area contributed by atoms with Crippen LogP contribution in [0.5, 0.6) is 0 Å². The fraction of sp³-hybridized carbons (Fsp3) is 0.389. The van der Waals surface area contributed by atoms with E-state index in [1.54, 1.807) is 24.3 Å². The molecule has 0 radical (unpaired) electrons. The fourth-order valence-electron chi connectivity index (χ4n) is 3.31. The first-order valence-electron chi connectivity index (χ1n) is 7.73. The summed E-state index contributed by atoms with van der Waals surface area (Å²) < 4.78 is 0. The van der Waals surface area contributed by atoms with Crippen molar-refractivity contribution in [3.05, 3.63) is 35.4 Å². The Hall–Kier alpha value is -2.61. The highest BCUT2D eigenvalue weighted by Gasteiger charge is 2.45. The molecule has 5 nitrogen and oxygen atoms in total. The minimum Gasteiger partial charge on any atom is -0.329 e. The minimum absolute atomic E-state index is 0.250. The molecule has 5 heteroatoms. The molecule has 0 spiro atoms. The zero-order valence-electron chi connectivity index (χ0n) is 12.7. The van der Waals surface area contributed by atoms with Gasteiger partial charge in [-0.2, -0.15) is 0 Å². The van der Waals surface area contributed by atoms with E-state index in [1.807, 2.05) is 0 Å². The molecule has 118 valence electrons. The van der Waals surface area contributed by atoms with E-state index >= 15 is 0 Å². The molecule has 0 aromatic heterocycles.